The first-order valence-electron chi connectivity index (χ1n) is 4.01. The van der Waals surface area contributed by atoms with Crippen molar-refractivity contribution in [1.82, 2.24) is 0 Å². The lowest BCUT2D eigenvalue weighted by atomic mass is 10.1. The van der Waals surface area contributed by atoms with E-state index in [1.54, 1.807) is 24.3 Å². The van der Waals surface area contributed by atoms with E-state index < -0.39 is 5.97 Å². The van der Waals surface area contributed by atoms with Crippen LogP contribution in [0, 0.1) is 0 Å². The van der Waals surface area contributed by atoms with Crippen LogP contribution >= 0.6 is 22.6 Å². The molecule has 0 atom stereocenters. The van der Waals surface area contributed by atoms with Crippen molar-refractivity contribution in [3.05, 3.63) is 51.6 Å². The molecule has 0 spiro atoms. The fraction of sp³-hybridized carbons (Fsp3) is 0. The molecule has 2 nitrogen and oxygen atoms in total. The number of hydrogen-bond acceptors (Lipinski definition) is 1. The molecule has 0 fully saturated rings. The van der Waals surface area contributed by atoms with Gasteiger partial charge in [0, 0.05) is 0 Å². The molecule has 0 aliphatic rings. The fourth-order valence-electron chi connectivity index (χ4n) is 1.04. The first kappa shape index (κ1) is 11.0. The number of hydrogen-bond donors (Lipinski definition) is 1. The van der Waals surface area contributed by atoms with E-state index in [4.69, 9.17) is 5.11 Å². The van der Waals surface area contributed by atoms with Crippen molar-refractivity contribution in [2.45, 2.75) is 0 Å². The van der Waals surface area contributed by atoms with Crippen molar-refractivity contribution in [3.8, 4) is 0 Å². The summed E-state index contributed by atoms with van der Waals surface area (Å²) in [6, 6.07) is 6.91. The third kappa shape index (κ3) is 2.99. The quantitative estimate of drug-likeness (QED) is 0.686. The molecule has 0 aliphatic heterocycles. The summed E-state index contributed by atoms with van der Waals surface area (Å²) in [6.45, 7) is 0. The molecule has 14 heavy (non-hydrogen) atoms. The van der Waals surface area contributed by atoms with Gasteiger partial charge in [-0.25, -0.2) is 4.79 Å². The molecule has 0 amide bonds. The minimum absolute atomic E-state index is 0.325. The molecular weight excluding hydrogens is 291 g/mol. The van der Waals surface area contributed by atoms with Gasteiger partial charge in [0.25, 0.3) is 0 Å². The summed E-state index contributed by atoms with van der Waals surface area (Å²) in [4.78, 5) is 10.8. The van der Waals surface area contributed by atoms with Crippen molar-refractivity contribution in [2.75, 3.05) is 0 Å². The standard InChI is InChI=1S/C11H9IO2/c12-8-4-3-6-9-5-1-2-7-10(9)11(13)14/h1-8H,(H,13,14)/b6-3-,8-4+. The van der Waals surface area contributed by atoms with E-state index in [1.807, 2.05) is 22.3 Å². The molecule has 72 valence electrons. The third-order valence-electron chi connectivity index (χ3n) is 1.65. The molecule has 0 bridgehead atoms. The van der Waals surface area contributed by atoms with Crippen molar-refractivity contribution >= 4 is 34.6 Å². The van der Waals surface area contributed by atoms with Gasteiger partial charge < -0.3 is 5.11 Å². The molecule has 1 N–H and O–H groups in total. The first-order valence-corrected chi connectivity index (χ1v) is 5.26. The number of carboxylic acid groups (broad SMARTS) is 1. The van der Waals surface area contributed by atoms with Gasteiger partial charge in [-0.15, -0.1) is 0 Å². The number of allylic oxidation sites excluding steroid dienone is 2. The Morgan fingerprint density at radius 2 is 2.00 bits per heavy atom. The highest BCUT2D eigenvalue weighted by Gasteiger charge is 2.04. The smallest absolute Gasteiger partial charge is 0.336 e. The van der Waals surface area contributed by atoms with Gasteiger partial charge >= 0.3 is 5.97 Å². The van der Waals surface area contributed by atoms with E-state index >= 15 is 0 Å². The van der Waals surface area contributed by atoms with Crippen molar-refractivity contribution in [1.29, 1.82) is 0 Å². The van der Waals surface area contributed by atoms with Crippen LogP contribution in [-0.4, -0.2) is 11.1 Å². The fourth-order valence-corrected chi connectivity index (χ4v) is 1.28. The van der Waals surface area contributed by atoms with Gasteiger partial charge in [-0.05, 0) is 15.7 Å². The average Bonchev–Trinajstić information content (AvgIpc) is 2.19. The Bertz CT molecular complexity index is 381. The summed E-state index contributed by atoms with van der Waals surface area (Å²) in [5.74, 6) is -0.899. The number of halogens is 1. The van der Waals surface area contributed by atoms with Gasteiger partial charge in [0.15, 0.2) is 0 Å². The lowest BCUT2D eigenvalue weighted by molar-refractivity contribution is 0.0696. The lowest BCUT2D eigenvalue weighted by Crippen LogP contribution is -1.98. The SMILES string of the molecule is O=C(O)c1ccccc1/C=C\C=C\I. The Morgan fingerprint density at radius 1 is 1.29 bits per heavy atom. The van der Waals surface area contributed by atoms with Crippen LogP contribution in [0.3, 0.4) is 0 Å². The van der Waals surface area contributed by atoms with Crippen molar-refractivity contribution < 1.29 is 9.90 Å². The van der Waals surface area contributed by atoms with E-state index in [2.05, 4.69) is 22.6 Å². The molecule has 0 aliphatic carbocycles. The highest BCUT2D eigenvalue weighted by atomic mass is 127. The van der Waals surface area contributed by atoms with E-state index in [-0.39, 0.29) is 0 Å². The number of aromatic carboxylic acids is 1. The Morgan fingerprint density at radius 3 is 2.64 bits per heavy atom. The Balaban J connectivity index is 3.01. The van der Waals surface area contributed by atoms with Crippen LogP contribution in [0.4, 0.5) is 0 Å². The molecule has 0 saturated heterocycles. The van der Waals surface area contributed by atoms with Gasteiger partial charge in [-0.2, -0.15) is 0 Å². The molecule has 0 saturated carbocycles. The average molecular weight is 300 g/mol. The Kier molecular flexibility index (Phi) is 4.39. The predicted molar refractivity (Wildman–Crippen MR) is 65.6 cm³/mol. The second-order valence-electron chi connectivity index (χ2n) is 2.57. The molecule has 0 aromatic heterocycles. The molecule has 0 heterocycles. The van der Waals surface area contributed by atoms with E-state index in [0.29, 0.717) is 5.56 Å². The molecule has 0 unspecified atom stereocenters. The van der Waals surface area contributed by atoms with Crippen LogP contribution in [0.1, 0.15) is 15.9 Å². The summed E-state index contributed by atoms with van der Waals surface area (Å²) in [6.07, 6.45) is 5.44. The number of carboxylic acids is 1. The Labute approximate surface area is 96.1 Å². The predicted octanol–water partition coefficient (Wildman–Crippen LogP) is 3.35. The second kappa shape index (κ2) is 5.59. The largest absolute Gasteiger partial charge is 0.478 e. The number of rotatable bonds is 3. The van der Waals surface area contributed by atoms with Crippen LogP contribution in [0.2, 0.25) is 0 Å². The highest BCUT2D eigenvalue weighted by molar-refractivity contribution is 14.1. The van der Waals surface area contributed by atoms with E-state index in [1.165, 1.54) is 0 Å². The second-order valence-corrected chi connectivity index (χ2v) is 3.29. The van der Waals surface area contributed by atoms with Gasteiger partial charge in [0.2, 0.25) is 0 Å². The normalized spacial score (nSPS) is 11.2. The molecule has 1 rings (SSSR count). The van der Waals surface area contributed by atoms with Crippen LogP contribution in [0.25, 0.3) is 6.08 Å². The zero-order chi connectivity index (χ0) is 10.4. The van der Waals surface area contributed by atoms with Crippen molar-refractivity contribution in [2.24, 2.45) is 0 Å². The minimum Gasteiger partial charge on any atom is -0.478 e. The summed E-state index contributed by atoms with van der Waals surface area (Å²) >= 11 is 2.10. The van der Waals surface area contributed by atoms with Gasteiger partial charge in [-0.1, -0.05) is 59.0 Å². The monoisotopic (exact) mass is 300 g/mol. The summed E-state index contributed by atoms with van der Waals surface area (Å²) < 4.78 is 1.86. The summed E-state index contributed by atoms with van der Waals surface area (Å²) in [5.41, 5.74) is 1.04. The van der Waals surface area contributed by atoms with Gasteiger partial charge in [0.1, 0.15) is 0 Å². The number of benzene rings is 1. The maximum absolute atomic E-state index is 10.8. The maximum Gasteiger partial charge on any atom is 0.336 e. The zero-order valence-corrected chi connectivity index (χ0v) is 9.51. The zero-order valence-electron chi connectivity index (χ0n) is 7.35. The topological polar surface area (TPSA) is 37.3 Å². The van der Waals surface area contributed by atoms with E-state index in [9.17, 15) is 4.79 Å². The van der Waals surface area contributed by atoms with Crippen LogP contribution in [-0.2, 0) is 0 Å². The van der Waals surface area contributed by atoms with Crippen LogP contribution in [0.15, 0.2) is 40.5 Å². The van der Waals surface area contributed by atoms with Crippen LogP contribution in [0.5, 0.6) is 0 Å². The van der Waals surface area contributed by atoms with Gasteiger partial charge in [0.05, 0.1) is 5.56 Å². The molecule has 1 aromatic rings. The van der Waals surface area contributed by atoms with E-state index in [0.717, 1.165) is 5.56 Å². The lowest BCUT2D eigenvalue weighted by Gasteiger charge is -1.98. The van der Waals surface area contributed by atoms with Crippen molar-refractivity contribution in [3.63, 3.8) is 0 Å². The van der Waals surface area contributed by atoms with Gasteiger partial charge in [-0.3, -0.25) is 0 Å². The third-order valence-corrected chi connectivity index (χ3v) is 2.07. The molecular formula is C11H9IO2. The minimum atomic E-state index is -0.899. The highest BCUT2D eigenvalue weighted by Crippen LogP contribution is 2.10. The number of carbonyl (C=O) groups is 1. The summed E-state index contributed by atoms with van der Waals surface area (Å²) in [7, 11) is 0. The summed E-state index contributed by atoms with van der Waals surface area (Å²) in [5, 5.41) is 8.87. The molecule has 1 aromatic carbocycles. The Hall–Kier alpha value is -1.10. The molecule has 0 radical (unpaired) electrons. The molecule has 3 heteroatoms. The van der Waals surface area contributed by atoms with Crippen LogP contribution < -0.4 is 0 Å². The first-order chi connectivity index (χ1) is 6.75. The maximum atomic E-state index is 10.8.